The van der Waals surface area contributed by atoms with E-state index in [0.717, 1.165) is 0 Å². The van der Waals surface area contributed by atoms with Crippen LogP contribution in [0, 0.1) is 5.82 Å². The van der Waals surface area contributed by atoms with Crippen molar-refractivity contribution in [3.8, 4) is 17.6 Å². The van der Waals surface area contributed by atoms with Gasteiger partial charge in [0.2, 0.25) is 11.8 Å². The van der Waals surface area contributed by atoms with Crippen LogP contribution in [0.3, 0.4) is 0 Å². The third kappa shape index (κ3) is 3.63. The molecule has 5 rings (SSSR count). The number of carbonyl (C=O) groups excluding carboxylic acids is 1. The maximum atomic E-state index is 14.3. The SMILES string of the molecule is C=CC(=O)N1CCN(c2nc(O)nc3c(Oc4c(Cl)c(F)cc5[nH]ncc45)nccc23)CC1C. The van der Waals surface area contributed by atoms with Crippen molar-refractivity contribution >= 4 is 45.1 Å². The number of nitrogens with zero attached hydrogens (tertiary/aromatic N) is 6. The summed E-state index contributed by atoms with van der Waals surface area (Å²) in [6, 6.07) is 2.34. The lowest BCUT2D eigenvalue weighted by Gasteiger charge is -2.40. The summed E-state index contributed by atoms with van der Waals surface area (Å²) in [5.74, 6) is -0.325. The maximum absolute atomic E-state index is 14.3. The van der Waals surface area contributed by atoms with Crippen LogP contribution in [0.2, 0.25) is 5.02 Å². The van der Waals surface area contributed by atoms with Crippen LogP contribution in [0.25, 0.3) is 21.8 Å². The number of benzene rings is 1. The number of hydrogen-bond acceptors (Lipinski definition) is 8. The van der Waals surface area contributed by atoms with Gasteiger partial charge < -0.3 is 19.6 Å². The van der Waals surface area contributed by atoms with Crippen LogP contribution in [0.1, 0.15) is 6.92 Å². The fourth-order valence-electron chi connectivity index (χ4n) is 4.11. The summed E-state index contributed by atoms with van der Waals surface area (Å²) >= 11 is 6.18. The minimum absolute atomic E-state index is 0.0139. The standard InChI is InChI=1S/C22H19ClFN7O3/c1-3-16(32)31-7-6-30(10-11(31)2)20-12-4-5-25-21(18(12)27-22(33)28-20)34-19-13-9-26-29-15(13)8-14(24)17(19)23/h3-5,8-9,11H,1,6-7,10H2,2H3,(H,26,29)(H,27,28,33). The quantitative estimate of drug-likeness (QED) is 0.424. The molecule has 3 aromatic heterocycles. The van der Waals surface area contributed by atoms with Crippen molar-refractivity contribution < 1.29 is 19.0 Å². The second-order valence-electron chi connectivity index (χ2n) is 7.83. The van der Waals surface area contributed by atoms with E-state index >= 15 is 0 Å². The van der Waals surface area contributed by atoms with E-state index < -0.39 is 11.8 Å². The molecule has 34 heavy (non-hydrogen) atoms. The van der Waals surface area contributed by atoms with Crippen molar-refractivity contribution in [3.63, 3.8) is 0 Å². The lowest BCUT2D eigenvalue weighted by atomic mass is 10.1. The summed E-state index contributed by atoms with van der Waals surface area (Å²) in [7, 11) is 0. The molecule has 2 N–H and O–H groups in total. The van der Waals surface area contributed by atoms with Gasteiger partial charge in [0.1, 0.15) is 22.2 Å². The van der Waals surface area contributed by atoms with Gasteiger partial charge in [0, 0.05) is 37.9 Å². The Hall–Kier alpha value is -3.99. The van der Waals surface area contributed by atoms with Gasteiger partial charge >= 0.3 is 6.01 Å². The summed E-state index contributed by atoms with van der Waals surface area (Å²) in [6.07, 6.45) is 4.26. The number of nitrogens with one attached hydrogen (secondary N) is 1. The monoisotopic (exact) mass is 483 g/mol. The highest BCUT2D eigenvalue weighted by Gasteiger charge is 2.29. The number of aromatic amines is 1. The molecule has 4 heterocycles. The van der Waals surface area contributed by atoms with Crippen LogP contribution in [0.5, 0.6) is 17.6 Å². The first-order chi connectivity index (χ1) is 16.4. The Bertz CT molecular complexity index is 1440. The molecule has 1 unspecified atom stereocenters. The van der Waals surface area contributed by atoms with Gasteiger partial charge in [-0.1, -0.05) is 18.2 Å². The number of ether oxygens (including phenoxy) is 1. The normalized spacial score (nSPS) is 16.3. The topological polar surface area (TPSA) is 120 Å². The Morgan fingerprint density at radius 3 is 2.97 bits per heavy atom. The van der Waals surface area contributed by atoms with E-state index in [4.69, 9.17) is 16.3 Å². The maximum Gasteiger partial charge on any atom is 0.316 e. The minimum atomic E-state index is -0.687. The van der Waals surface area contributed by atoms with Crippen LogP contribution >= 0.6 is 11.6 Å². The first kappa shape index (κ1) is 21.8. The Balaban J connectivity index is 1.56. The number of amides is 1. The molecule has 0 aliphatic carbocycles. The number of pyridine rings is 1. The smallest absolute Gasteiger partial charge is 0.316 e. The number of rotatable bonds is 4. The summed E-state index contributed by atoms with van der Waals surface area (Å²) in [6.45, 7) is 6.91. The van der Waals surface area contributed by atoms with Crippen molar-refractivity contribution in [2.45, 2.75) is 13.0 Å². The summed E-state index contributed by atoms with van der Waals surface area (Å²) < 4.78 is 20.3. The van der Waals surface area contributed by atoms with E-state index in [0.29, 0.717) is 41.7 Å². The molecule has 1 aliphatic heterocycles. The van der Waals surface area contributed by atoms with Gasteiger partial charge in [-0.3, -0.25) is 9.89 Å². The molecule has 1 aliphatic rings. The molecule has 1 fully saturated rings. The first-order valence-electron chi connectivity index (χ1n) is 10.4. The first-order valence-corrected chi connectivity index (χ1v) is 10.8. The molecule has 4 aromatic rings. The van der Waals surface area contributed by atoms with Gasteiger partial charge in [-0.25, -0.2) is 9.37 Å². The Labute approximate surface area is 197 Å². The average Bonchev–Trinajstić information content (AvgIpc) is 3.29. The van der Waals surface area contributed by atoms with Crippen molar-refractivity contribution in [3.05, 3.63) is 48.0 Å². The van der Waals surface area contributed by atoms with Crippen molar-refractivity contribution in [1.29, 1.82) is 0 Å². The van der Waals surface area contributed by atoms with Gasteiger partial charge in [-0.05, 0) is 19.1 Å². The number of piperazine rings is 1. The average molecular weight is 484 g/mol. The molecule has 0 spiro atoms. The highest BCUT2D eigenvalue weighted by Crippen LogP contribution is 2.40. The predicted octanol–water partition coefficient (Wildman–Crippen LogP) is 3.41. The zero-order valence-electron chi connectivity index (χ0n) is 18.0. The van der Waals surface area contributed by atoms with Crippen LogP contribution in [0.4, 0.5) is 10.2 Å². The molecule has 1 saturated heterocycles. The highest BCUT2D eigenvalue weighted by molar-refractivity contribution is 6.33. The van der Waals surface area contributed by atoms with Gasteiger partial charge in [0.25, 0.3) is 0 Å². The van der Waals surface area contributed by atoms with Crippen LogP contribution < -0.4 is 9.64 Å². The number of halogens is 2. The van der Waals surface area contributed by atoms with Gasteiger partial charge in [-0.2, -0.15) is 15.1 Å². The third-order valence-electron chi connectivity index (χ3n) is 5.73. The van der Waals surface area contributed by atoms with Crippen LogP contribution in [0.15, 0.2) is 37.2 Å². The molecular formula is C22H19ClFN7O3. The van der Waals surface area contributed by atoms with Gasteiger partial charge in [-0.15, -0.1) is 0 Å². The molecule has 0 saturated carbocycles. The number of carbonyl (C=O) groups is 1. The molecule has 10 nitrogen and oxygen atoms in total. The molecule has 1 aromatic carbocycles. The molecule has 1 atom stereocenters. The van der Waals surface area contributed by atoms with E-state index in [1.54, 1.807) is 11.0 Å². The van der Waals surface area contributed by atoms with E-state index in [-0.39, 0.29) is 34.1 Å². The third-order valence-corrected chi connectivity index (χ3v) is 6.08. The molecular weight excluding hydrogens is 465 g/mol. The molecule has 174 valence electrons. The Morgan fingerprint density at radius 2 is 2.21 bits per heavy atom. The molecule has 12 heteroatoms. The number of H-pyrrole nitrogens is 1. The molecule has 1 amide bonds. The van der Waals surface area contributed by atoms with Gasteiger partial charge in [0.15, 0.2) is 5.75 Å². The Morgan fingerprint density at radius 1 is 1.38 bits per heavy atom. The van der Waals surface area contributed by atoms with E-state index in [9.17, 15) is 14.3 Å². The second kappa shape index (κ2) is 8.41. The fourth-order valence-corrected chi connectivity index (χ4v) is 4.31. The predicted molar refractivity (Wildman–Crippen MR) is 124 cm³/mol. The Kier molecular flexibility index (Phi) is 5.40. The minimum Gasteiger partial charge on any atom is -0.479 e. The number of fused-ring (bicyclic) bond motifs is 2. The second-order valence-corrected chi connectivity index (χ2v) is 8.20. The van der Waals surface area contributed by atoms with Crippen molar-refractivity contribution in [1.82, 2.24) is 30.0 Å². The summed E-state index contributed by atoms with van der Waals surface area (Å²) in [5, 5.41) is 17.7. The van der Waals surface area contributed by atoms with E-state index in [1.807, 2.05) is 11.8 Å². The lowest BCUT2D eigenvalue weighted by molar-refractivity contribution is -0.128. The van der Waals surface area contributed by atoms with Gasteiger partial charge in [0.05, 0.1) is 22.5 Å². The fraction of sp³-hybridized carbons (Fsp3) is 0.227. The van der Waals surface area contributed by atoms with Crippen molar-refractivity contribution in [2.24, 2.45) is 0 Å². The van der Waals surface area contributed by atoms with Crippen LogP contribution in [-0.4, -0.2) is 66.7 Å². The molecule has 0 radical (unpaired) electrons. The summed E-state index contributed by atoms with van der Waals surface area (Å²) in [4.78, 5) is 28.3. The van der Waals surface area contributed by atoms with Crippen molar-refractivity contribution in [2.75, 3.05) is 24.5 Å². The number of aromatic nitrogens is 5. The lowest BCUT2D eigenvalue weighted by Crippen LogP contribution is -2.54. The van der Waals surface area contributed by atoms with Crippen LogP contribution in [-0.2, 0) is 4.79 Å². The number of hydrogen-bond donors (Lipinski definition) is 2. The van der Waals surface area contributed by atoms with E-state index in [1.165, 1.54) is 24.5 Å². The summed E-state index contributed by atoms with van der Waals surface area (Å²) in [5.41, 5.74) is 0.621. The molecule has 0 bridgehead atoms. The number of aromatic hydroxyl groups is 1. The highest BCUT2D eigenvalue weighted by atomic mass is 35.5. The largest absolute Gasteiger partial charge is 0.479 e. The zero-order chi connectivity index (χ0) is 24.0. The zero-order valence-corrected chi connectivity index (χ0v) is 18.8. The van der Waals surface area contributed by atoms with E-state index in [2.05, 4.69) is 31.7 Å². The number of anilines is 1.